The number of aryl methyl sites for hydroxylation is 1. The summed E-state index contributed by atoms with van der Waals surface area (Å²) in [4.78, 5) is 23.4. The Balaban J connectivity index is 2.61. The van der Waals surface area contributed by atoms with Gasteiger partial charge < -0.3 is 10.6 Å². The highest BCUT2D eigenvalue weighted by Crippen LogP contribution is 2.18. The van der Waals surface area contributed by atoms with Crippen molar-refractivity contribution in [1.82, 2.24) is 5.32 Å². The molecule has 4 nitrogen and oxygen atoms in total. The predicted octanol–water partition coefficient (Wildman–Crippen LogP) is 2.55. The van der Waals surface area contributed by atoms with Crippen molar-refractivity contribution in [3.05, 3.63) is 29.3 Å². The number of amides is 2. The Labute approximate surface area is 114 Å². The van der Waals surface area contributed by atoms with Crippen LogP contribution in [-0.4, -0.2) is 17.4 Å². The molecule has 1 aromatic rings. The lowest BCUT2D eigenvalue weighted by Gasteiger charge is -2.20. The summed E-state index contributed by atoms with van der Waals surface area (Å²) < 4.78 is 0. The first-order chi connectivity index (χ1) is 8.69. The maximum Gasteiger partial charge on any atom is 0.233 e. The van der Waals surface area contributed by atoms with Gasteiger partial charge in [-0.15, -0.1) is 0 Å². The van der Waals surface area contributed by atoms with Gasteiger partial charge in [-0.1, -0.05) is 12.1 Å². The Kier molecular flexibility index (Phi) is 4.70. The van der Waals surface area contributed by atoms with E-state index >= 15 is 0 Å². The highest BCUT2D eigenvalue weighted by molar-refractivity contribution is 6.04. The number of rotatable bonds is 3. The third-order valence-corrected chi connectivity index (χ3v) is 2.71. The molecule has 0 bridgehead atoms. The lowest BCUT2D eigenvalue weighted by atomic mass is 10.1. The van der Waals surface area contributed by atoms with E-state index in [1.807, 2.05) is 52.8 Å². The minimum absolute atomic E-state index is 0.162. The van der Waals surface area contributed by atoms with Crippen molar-refractivity contribution in [3.8, 4) is 0 Å². The van der Waals surface area contributed by atoms with Crippen LogP contribution in [0, 0.1) is 13.8 Å². The Morgan fingerprint density at radius 2 is 1.74 bits per heavy atom. The van der Waals surface area contributed by atoms with Crippen molar-refractivity contribution in [2.75, 3.05) is 5.32 Å². The predicted molar refractivity (Wildman–Crippen MR) is 77.1 cm³/mol. The fraction of sp³-hybridized carbons (Fsp3) is 0.467. The fourth-order valence-corrected chi connectivity index (χ4v) is 1.69. The summed E-state index contributed by atoms with van der Waals surface area (Å²) in [7, 11) is 0. The van der Waals surface area contributed by atoms with Crippen molar-refractivity contribution >= 4 is 17.5 Å². The lowest BCUT2D eigenvalue weighted by molar-refractivity contribution is -0.127. The fourth-order valence-electron chi connectivity index (χ4n) is 1.69. The molecule has 0 saturated carbocycles. The molecule has 0 aliphatic rings. The van der Waals surface area contributed by atoms with Crippen LogP contribution in [0.5, 0.6) is 0 Å². The standard InChI is InChI=1S/C15H22N2O2/c1-10-7-6-8-12(11(10)2)16-13(18)9-14(19)17-15(3,4)5/h6-8H,9H2,1-5H3,(H,16,18)(H,17,19). The molecule has 0 aromatic heterocycles. The molecule has 19 heavy (non-hydrogen) atoms. The molecule has 0 unspecified atom stereocenters. The van der Waals surface area contributed by atoms with Crippen molar-refractivity contribution < 1.29 is 9.59 Å². The zero-order chi connectivity index (χ0) is 14.6. The molecule has 0 heterocycles. The van der Waals surface area contributed by atoms with E-state index in [1.54, 1.807) is 0 Å². The van der Waals surface area contributed by atoms with Crippen LogP contribution in [0.4, 0.5) is 5.69 Å². The normalized spacial score (nSPS) is 11.0. The van der Waals surface area contributed by atoms with Crippen LogP contribution in [0.3, 0.4) is 0 Å². The number of nitrogens with one attached hydrogen (secondary N) is 2. The average molecular weight is 262 g/mol. The number of carbonyl (C=O) groups is 2. The third-order valence-electron chi connectivity index (χ3n) is 2.71. The molecule has 2 amide bonds. The van der Waals surface area contributed by atoms with Crippen molar-refractivity contribution in [2.24, 2.45) is 0 Å². The van der Waals surface area contributed by atoms with E-state index in [0.29, 0.717) is 0 Å². The molecule has 1 rings (SSSR count). The first kappa shape index (κ1) is 15.2. The molecule has 0 atom stereocenters. The highest BCUT2D eigenvalue weighted by Gasteiger charge is 2.16. The van der Waals surface area contributed by atoms with E-state index in [9.17, 15) is 9.59 Å². The molecule has 0 fully saturated rings. The quantitative estimate of drug-likeness (QED) is 0.822. The van der Waals surface area contributed by atoms with E-state index < -0.39 is 0 Å². The monoisotopic (exact) mass is 262 g/mol. The summed E-state index contributed by atoms with van der Waals surface area (Å²) in [6, 6.07) is 5.70. The summed E-state index contributed by atoms with van der Waals surface area (Å²) in [6.07, 6.45) is -0.162. The molecule has 2 N–H and O–H groups in total. The Bertz CT molecular complexity index is 487. The number of hydrogen-bond acceptors (Lipinski definition) is 2. The van der Waals surface area contributed by atoms with Crippen molar-refractivity contribution in [3.63, 3.8) is 0 Å². The third kappa shape index (κ3) is 5.12. The van der Waals surface area contributed by atoms with E-state index in [2.05, 4.69) is 10.6 Å². The molecule has 104 valence electrons. The maximum atomic E-state index is 11.8. The van der Waals surface area contributed by atoms with Gasteiger partial charge in [0.25, 0.3) is 0 Å². The van der Waals surface area contributed by atoms with Crippen LogP contribution in [0.15, 0.2) is 18.2 Å². The zero-order valence-corrected chi connectivity index (χ0v) is 12.3. The average Bonchev–Trinajstić information content (AvgIpc) is 2.21. The minimum atomic E-state index is -0.323. The van der Waals surface area contributed by atoms with Gasteiger partial charge in [-0.2, -0.15) is 0 Å². The number of hydrogen-bond donors (Lipinski definition) is 2. The molecule has 0 spiro atoms. The smallest absolute Gasteiger partial charge is 0.233 e. The largest absolute Gasteiger partial charge is 0.351 e. The summed E-state index contributed by atoms with van der Waals surface area (Å²) in [5, 5.41) is 5.53. The molecule has 1 aromatic carbocycles. The van der Waals surface area contributed by atoms with Gasteiger partial charge >= 0.3 is 0 Å². The second kappa shape index (κ2) is 5.87. The number of anilines is 1. The van der Waals surface area contributed by atoms with E-state index in [0.717, 1.165) is 16.8 Å². The van der Waals surface area contributed by atoms with Gasteiger partial charge in [-0.3, -0.25) is 9.59 Å². The van der Waals surface area contributed by atoms with Crippen LogP contribution < -0.4 is 10.6 Å². The molecule has 4 heteroatoms. The van der Waals surface area contributed by atoms with Gasteiger partial charge in [0.1, 0.15) is 6.42 Å². The Hall–Kier alpha value is -1.84. The SMILES string of the molecule is Cc1cccc(NC(=O)CC(=O)NC(C)(C)C)c1C. The highest BCUT2D eigenvalue weighted by atomic mass is 16.2. The molecule has 0 aliphatic carbocycles. The van der Waals surface area contributed by atoms with E-state index in [-0.39, 0.29) is 23.8 Å². The molecule has 0 saturated heterocycles. The van der Waals surface area contributed by atoms with Gasteiger partial charge in [0, 0.05) is 11.2 Å². The van der Waals surface area contributed by atoms with Gasteiger partial charge in [-0.05, 0) is 51.8 Å². The second-order valence-corrected chi connectivity index (χ2v) is 5.77. The number of benzene rings is 1. The lowest BCUT2D eigenvalue weighted by Crippen LogP contribution is -2.41. The first-order valence-corrected chi connectivity index (χ1v) is 6.36. The number of carbonyl (C=O) groups excluding carboxylic acids is 2. The summed E-state index contributed by atoms with van der Waals surface area (Å²) in [5.41, 5.74) is 2.56. The summed E-state index contributed by atoms with van der Waals surface area (Å²) in [6.45, 7) is 9.58. The second-order valence-electron chi connectivity index (χ2n) is 5.77. The van der Waals surface area contributed by atoms with Gasteiger partial charge in [-0.25, -0.2) is 0 Å². The van der Waals surface area contributed by atoms with E-state index in [1.165, 1.54) is 0 Å². The van der Waals surface area contributed by atoms with Crippen LogP contribution in [0.25, 0.3) is 0 Å². The van der Waals surface area contributed by atoms with Crippen LogP contribution in [-0.2, 0) is 9.59 Å². The maximum absolute atomic E-state index is 11.8. The summed E-state index contributed by atoms with van der Waals surface area (Å²) >= 11 is 0. The van der Waals surface area contributed by atoms with E-state index in [4.69, 9.17) is 0 Å². The molecule has 0 aliphatic heterocycles. The van der Waals surface area contributed by atoms with Crippen LogP contribution >= 0.6 is 0 Å². The van der Waals surface area contributed by atoms with Crippen LogP contribution in [0.2, 0.25) is 0 Å². The van der Waals surface area contributed by atoms with Gasteiger partial charge in [0.05, 0.1) is 0 Å². The summed E-state index contributed by atoms with van der Waals surface area (Å²) in [5.74, 6) is -0.564. The Morgan fingerprint density at radius 3 is 2.32 bits per heavy atom. The topological polar surface area (TPSA) is 58.2 Å². The Morgan fingerprint density at radius 1 is 1.11 bits per heavy atom. The zero-order valence-electron chi connectivity index (χ0n) is 12.3. The van der Waals surface area contributed by atoms with Crippen molar-refractivity contribution in [2.45, 2.75) is 46.6 Å². The van der Waals surface area contributed by atoms with Crippen molar-refractivity contribution in [1.29, 1.82) is 0 Å². The molecule has 0 radical (unpaired) electrons. The first-order valence-electron chi connectivity index (χ1n) is 6.36. The molecular weight excluding hydrogens is 240 g/mol. The van der Waals surface area contributed by atoms with Gasteiger partial charge in [0.2, 0.25) is 11.8 Å². The molecular formula is C15H22N2O2. The minimum Gasteiger partial charge on any atom is -0.351 e. The van der Waals surface area contributed by atoms with Gasteiger partial charge in [0.15, 0.2) is 0 Å². The van der Waals surface area contributed by atoms with Crippen LogP contribution in [0.1, 0.15) is 38.3 Å².